The van der Waals surface area contributed by atoms with Gasteiger partial charge in [0.1, 0.15) is 5.82 Å². The second-order valence-corrected chi connectivity index (χ2v) is 6.31. The zero-order valence-electron chi connectivity index (χ0n) is 10.0. The Kier molecular flexibility index (Phi) is 3.78. The Morgan fingerprint density at radius 2 is 1.53 bits per heavy atom. The highest BCUT2D eigenvalue weighted by Gasteiger charge is 2.20. The van der Waals surface area contributed by atoms with Gasteiger partial charge < -0.3 is 0 Å². The molecule has 6 heteroatoms. The summed E-state index contributed by atoms with van der Waals surface area (Å²) in [6.07, 6.45) is 0. The Hall–Kier alpha value is -1.59. The molecule has 0 atom stereocenters. The molecular formula is C13H11ClFNO2S. The fourth-order valence-corrected chi connectivity index (χ4v) is 2.88. The molecule has 0 saturated carbocycles. The molecule has 0 N–H and O–H groups in total. The van der Waals surface area contributed by atoms with E-state index in [2.05, 4.69) is 0 Å². The zero-order valence-corrected chi connectivity index (χ0v) is 11.6. The van der Waals surface area contributed by atoms with Crippen LogP contribution in [0.1, 0.15) is 0 Å². The topological polar surface area (TPSA) is 37.4 Å². The number of nitrogens with zero attached hydrogens (tertiary/aromatic N) is 1. The number of sulfonamides is 1. The summed E-state index contributed by atoms with van der Waals surface area (Å²) in [5, 5.41) is 0.461. The summed E-state index contributed by atoms with van der Waals surface area (Å²) < 4.78 is 38.6. The number of rotatable bonds is 3. The minimum atomic E-state index is -3.67. The Morgan fingerprint density at radius 3 is 2.05 bits per heavy atom. The lowest BCUT2D eigenvalue weighted by atomic mass is 10.3. The first kappa shape index (κ1) is 13.8. The molecule has 0 aliphatic heterocycles. The predicted octanol–water partition coefficient (Wildman–Crippen LogP) is 3.30. The van der Waals surface area contributed by atoms with Gasteiger partial charge in [-0.05, 0) is 48.5 Å². The monoisotopic (exact) mass is 299 g/mol. The van der Waals surface area contributed by atoms with Crippen molar-refractivity contribution in [1.82, 2.24) is 0 Å². The summed E-state index contributed by atoms with van der Waals surface area (Å²) in [5.74, 6) is -0.416. The van der Waals surface area contributed by atoms with Gasteiger partial charge >= 0.3 is 0 Å². The molecule has 0 aromatic heterocycles. The van der Waals surface area contributed by atoms with Crippen LogP contribution in [0.4, 0.5) is 10.1 Å². The van der Waals surface area contributed by atoms with E-state index in [0.717, 1.165) is 4.31 Å². The van der Waals surface area contributed by atoms with Crippen molar-refractivity contribution in [2.75, 3.05) is 11.4 Å². The normalized spacial score (nSPS) is 11.3. The highest BCUT2D eigenvalue weighted by molar-refractivity contribution is 7.92. The van der Waals surface area contributed by atoms with Crippen LogP contribution in [0.2, 0.25) is 5.02 Å². The molecular weight excluding hydrogens is 289 g/mol. The van der Waals surface area contributed by atoms with Crippen LogP contribution >= 0.6 is 11.6 Å². The molecule has 0 heterocycles. The lowest BCUT2D eigenvalue weighted by Crippen LogP contribution is -2.26. The van der Waals surface area contributed by atoms with Gasteiger partial charge in [0.25, 0.3) is 10.0 Å². The van der Waals surface area contributed by atoms with Crippen molar-refractivity contribution >= 4 is 27.3 Å². The third kappa shape index (κ3) is 2.88. The van der Waals surface area contributed by atoms with E-state index in [1.54, 1.807) is 0 Å². The molecule has 3 nitrogen and oxygen atoms in total. The maximum atomic E-state index is 12.8. The third-order valence-corrected chi connectivity index (χ3v) is 4.71. The van der Waals surface area contributed by atoms with Gasteiger partial charge in [-0.2, -0.15) is 0 Å². The standard InChI is InChI=1S/C13H11ClFNO2S/c1-16(12-6-4-11(15)5-7-12)19(17,18)13-8-2-10(14)3-9-13/h2-9H,1H3. The number of hydrogen-bond acceptors (Lipinski definition) is 2. The zero-order chi connectivity index (χ0) is 14.0. The van der Waals surface area contributed by atoms with E-state index in [9.17, 15) is 12.8 Å². The van der Waals surface area contributed by atoms with Gasteiger partial charge in [0.15, 0.2) is 0 Å². The van der Waals surface area contributed by atoms with Crippen LogP contribution in [0.3, 0.4) is 0 Å². The molecule has 0 radical (unpaired) electrons. The van der Waals surface area contributed by atoms with Crippen molar-refractivity contribution in [1.29, 1.82) is 0 Å². The average molecular weight is 300 g/mol. The molecule has 19 heavy (non-hydrogen) atoms. The molecule has 2 rings (SSSR count). The van der Waals surface area contributed by atoms with Crippen molar-refractivity contribution in [2.24, 2.45) is 0 Å². The Labute approximate surface area is 116 Å². The third-order valence-electron chi connectivity index (χ3n) is 2.66. The van der Waals surface area contributed by atoms with E-state index < -0.39 is 15.8 Å². The van der Waals surface area contributed by atoms with Crippen LogP contribution in [0.15, 0.2) is 53.4 Å². The minimum Gasteiger partial charge on any atom is -0.269 e. The lowest BCUT2D eigenvalue weighted by molar-refractivity contribution is 0.594. The number of anilines is 1. The molecule has 100 valence electrons. The van der Waals surface area contributed by atoms with Crippen LogP contribution < -0.4 is 4.31 Å². The molecule has 2 aromatic carbocycles. The van der Waals surface area contributed by atoms with E-state index in [1.165, 1.54) is 55.6 Å². The lowest BCUT2D eigenvalue weighted by Gasteiger charge is -2.19. The molecule has 0 amide bonds. The van der Waals surface area contributed by atoms with Crippen LogP contribution in [-0.2, 0) is 10.0 Å². The van der Waals surface area contributed by atoms with Crippen molar-refractivity contribution in [3.8, 4) is 0 Å². The van der Waals surface area contributed by atoms with Crippen molar-refractivity contribution in [2.45, 2.75) is 4.90 Å². The van der Waals surface area contributed by atoms with Crippen LogP contribution in [0.5, 0.6) is 0 Å². The number of halogens is 2. The fraction of sp³-hybridized carbons (Fsp3) is 0.0769. The molecule has 0 aliphatic rings. The van der Waals surface area contributed by atoms with Crippen LogP contribution in [0.25, 0.3) is 0 Å². The fourth-order valence-electron chi connectivity index (χ4n) is 1.55. The maximum absolute atomic E-state index is 12.8. The highest BCUT2D eigenvalue weighted by atomic mass is 35.5. The summed E-state index contributed by atoms with van der Waals surface area (Å²) in [6, 6.07) is 11.1. The van der Waals surface area contributed by atoms with Gasteiger partial charge in [0.2, 0.25) is 0 Å². The Balaban J connectivity index is 2.39. The predicted molar refractivity (Wildman–Crippen MR) is 73.4 cm³/mol. The average Bonchev–Trinajstić information content (AvgIpc) is 2.39. The van der Waals surface area contributed by atoms with Gasteiger partial charge in [-0.25, -0.2) is 12.8 Å². The van der Waals surface area contributed by atoms with E-state index in [0.29, 0.717) is 10.7 Å². The molecule has 0 spiro atoms. The van der Waals surface area contributed by atoms with Gasteiger partial charge in [-0.3, -0.25) is 4.31 Å². The van der Waals surface area contributed by atoms with Gasteiger partial charge in [0, 0.05) is 12.1 Å². The van der Waals surface area contributed by atoms with Gasteiger partial charge in [-0.15, -0.1) is 0 Å². The minimum absolute atomic E-state index is 0.128. The maximum Gasteiger partial charge on any atom is 0.264 e. The summed E-state index contributed by atoms with van der Waals surface area (Å²) in [4.78, 5) is 0.128. The summed E-state index contributed by atoms with van der Waals surface area (Å²) in [7, 11) is -2.26. The Bertz CT molecular complexity index is 669. The number of hydrogen-bond donors (Lipinski definition) is 0. The second-order valence-electron chi connectivity index (χ2n) is 3.90. The molecule has 0 fully saturated rings. The van der Waals surface area contributed by atoms with Gasteiger partial charge in [0.05, 0.1) is 10.6 Å². The van der Waals surface area contributed by atoms with E-state index in [4.69, 9.17) is 11.6 Å². The largest absolute Gasteiger partial charge is 0.269 e. The highest BCUT2D eigenvalue weighted by Crippen LogP contribution is 2.23. The molecule has 0 aliphatic carbocycles. The summed E-state index contributed by atoms with van der Waals surface area (Å²) in [6.45, 7) is 0. The second kappa shape index (κ2) is 5.19. The molecule has 0 bridgehead atoms. The first-order chi connectivity index (χ1) is 8.91. The van der Waals surface area contributed by atoms with Crippen LogP contribution in [-0.4, -0.2) is 15.5 Å². The van der Waals surface area contributed by atoms with Gasteiger partial charge in [-0.1, -0.05) is 11.6 Å². The van der Waals surface area contributed by atoms with Crippen LogP contribution in [0, 0.1) is 5.82 Å². The first-order valence-electron chi connectivity index (χ1n) is 5.41. The van der Waals surface area contributed by atoms with Crippen molar-refractivity contribution in [3.05, 3.63) is 59.4 Å². The van der Waals surface area contributed by atoms with E-state index in [1.807, 2.05) is 0 Å². The smallest absolute Gasteiger partial charge is 0.264 e. The molecule has 0 saturated heterocycles. The number of benzene rings is 2. The summed E-state index contributed by atoms with van der Waals surface area (Å²) in [5.41, 5.74) is 0.386. The molecule has 2 aromatic rings. The van der Waals surface area contributed by atoms with E-state index >= 15 is 0 Å². The quantitative estimate of drug-likeness (QED) is 0.872. The van der Waals surface area contributed by atoms with E-state index in [-0.39, 0.29) is 4.90 Å². The molecule has 0 unspecified atom stereocenters. The van der Waals surface area contributed by atoms with Crippen molar-refractivity contribution in [3.63, 3.8) is 0 Å². The summed E-state index contributed by atoms with van der Waals surface area (Å²) >= 11 is 5.73. The SMILES string of the molecule is CN(c1ccc(F)cc1)S(=O)(=O)c1ccc(Cl)cc1. The Morgan fingerprint density at radius 1 is 1.00 bits per heavy atom. The van der Waals surface area contributed by atoms with Crippen molar-refractivity contribution < 1.29 is 12.8 Å². The first-order valence-corrected chi connectivity index (χ1v) is 7.23.